The van der Waals surface area contributed by atoms with Gasteiger partial charge in [0.25, 0.3) is 11.8 Å². The largest absolute Gasteiger partial charge is 0.462 e. The van der Waals surface area contributed by atoms with Crippen LogP contribution in [-0.4, -0.2) is 24.4 Å². The monoisotopic (exact) mass is 313 g/mol. The lowest BCUT2D eigenvalue weighted by Crippen LogP contribution is -2.29. The number of halogens is 1. The summed E-state index contributed by atoms with van der Waals surface area (Å²) in [6, 6.07) is 9.86. The maximum atomic E-state index is 13.8. The number of carbonyl (C=O) groups excluding carboxylic acids is 3. The number of rotatable bonds is 3. The first-order valence-electron chi connectivity index (χ1n) is 6.99. The van der Waals surface area contributed by atoms with Crippen LogP contribution in [0.3, 0.4) is 0 Å². The second kappa shape index (κ2) is 5.64. The second-order valence-electron chi connectivity index (χ2n) is 4.88. The molecule has 0 spiro atoms. The molecule has 0 bridgehead atoms. The van der Waals surface area contributed by atoms with Crippen LogP contribution in [0.25, 0.3) is 0 Å². The zero-order chi connectivity index (χ0) is 16.6. The van der Waals surface area contributed by atoms with Gasteiger partial charge in [-0.05, 0) is 37.3 Å². The number of esters is 1. The third kappa shape index (κ3) is 2.38. The van der Waals surface area contributed by atoms with Crippen molar-refractivity contribution < 1.29 is 23.5 Å². The van der Waals surface area contributed by atoms with Crippen molar-refractivity contribution in [2.75, 3.05) is 11.5 Å². The van der Waals surface area contributed by atoms with Crippen LogP contribution in [0.15, 0.2) is 42.5 Å². The molecule has 5 nitrogen and oxygen atoms in total. The Labute approximate surface area is 131 Å². The molecule has 3 rings (SSSR count). The predicted molar refractivity (Wildman–Crippen MR) is 79.9 cm³/mol. The summed E-state index contributed by atoms with van der Waals surface area (Å²) in [5.41, 5.74) is 0.362. The lowest BCUT2D eigenvalue weighted by Gasteiger charge is -2.15. The Hall–Kier alpha value is -3.02. The summed E-state index contributed by atoms with van der Waals surface area (Å²) in [7, 11) is 0. The van der Waals surface area contributed by atoms with E-state index in [0.717, 1.165) is 17.0 Å². The van der Waals surface area contributed by atoms with Crippen molar-refractivity contribution in [3.8, 4) is 0 Å². The van der Waals surface area contributed by atoms with E-state index in [0.29, 0.717) is 0 Å². The van der Waals surface area contributed by atoms with E-state index in [-0.39, 0.29) is 29.0 Å². The van der Waals surface area contributed by atoms with E-state index in [1.807, 2.05) is 0 Å². The van der Waals surface area contributed by atoms with Gasteiger partial charge in [-0.2, -0.15) is 0 Å². The first-order chi connectivity index (χ1) is 11.0. The molecule has 1 aliphatic heterocycles. The normalized spacial score (nSPS) is 13.2. The van der Waals surface area contributed by atoms with Crippen molar-refractivity contribution in [1.82, 2.24) is 0 Å². The molecule has 0 unspecified atom stereocenters. The summed E-state index contributed by atoms with van der Waals surface area (Å²) in [5.74, 6) is -2.63. The zero-order valence-electron chi connectivity index (χ0n) is 12.2. The molecule has 2 amide bonds. The Bertz CT molecular complexity index is 796. The summed E-state index contributed by atoms with van der Waals surface area (Å²) < 4.78 is 18.6. The van der Waals surface area contributed by atoms with Crippen LogP contribution < -0.4 is 4.90 Å². The number of nitrogens with zero attached hydrogens (tertiary/aromatic N) is 1. The number of hydrogen-bond donors (Lipinski definition) is 0. The van der Waals surface area contributed by atoms with E-state index in [1.54, 1.807) is 31.2 Å². The van der Waals surface area contributed by atoms with Gasteiger partial charge in [0.15, 0.2) is 0 Å². The van der Waals surface area contributed by atoms with Crippen molar-refractivity contribution in [2.24, 2.45) is 0 Å². The third-order valence-corrected chi connectivity index (χ3v) is 3.50. The topological polar surface area (TPSA) is 63.7 Å². The van der Waals surface area contributed by atoms with Crippen molar-refractivity contribution in [1.29, 1.82) is 0 Å². The van der Waals surface area contributed by atoms with Crippen LogP contribution in [-0.2, 0) is 4.74 Å². The lowest BCUT2D eigenvalue weighted by atomic mass is 10.1. The number of fused-ring (bicyclic) bond motifs is 1. The van der Waals surface area contributed by atoms with Crippen LogP contribution >= 0.6 is 0 Å². The van der Waals surface area contributed by atoms with E-state index < -0.39 is 23.6 Å². The number of benzene rings is 2. The summed E-state index contributed by atoms with van der Waals surface area (Å²) in [5, 5.41) is 0. The molecule has 0 atom stereocenters. The fourth-order valence-electron chi connectivity index (χ4n) is 2.44. The fraction of sp³-hybridized carbons (Fsp3) is 0.118. The molecule has 0 aromatic heterocycles. The van der Waals surface area contributed by atoms with Gasteiger partial charge in [-0.15, -0.1) is 0 Å². The molecule has 2 aromatic carbocycles. The molecule has 6 heteroatoms. The number of carbonyl (C=O) groups is 3. The van der Waals surface area contributed by atoms with Gasteiger partial charge in [-0.1, -0.05) is 12.1 Å². The summed E-state index contributed by atoms with van der Waals surface area (Å²) in [6.07, 6.45) is 0. The van der Waals surface area contributed by atoms with Gasteiger partial charge in [0, 0.05) is 0 Å². The average Bonchev–Trinajstić information content (AvgIpc) is 2.80. The van der Waals surface area contributed by atoms with Gasteiger partial charge in [0.1, 0.15) is 5.82 Å². The number of imide groups is 1. The maximum absolute atomic E-state index is 13.8. The number of anilines is 1. The van der Waals surface area contributed by atoms with Crippen LogP contribution in [0.2, 0.25) is 0 Å². The molecule has 0 saturated carbocycles. The second-order valence-corrected chi connectivity index (χ2v) is 4.88. The highest BCUT2D eigenvalue weighted by Crippen LogP contribution is 2.29. The first-order valence-corrected chi connectivity index (χ1v) is 6.99. The molecule has 23 heavy (non-hydrogen) atoms. The predicted octanol–water partition coefficient (Wildman–Crippen LogP) is 2.80. The van der Waals surface area contributed by atoms with Gasteiger partial charge in [0.2, 0.25) is 0 Å². The molecular formula is C17H12FNO4. The smallest absolute Gasteiger partial charge is 0.341 e. The molecular weight excluding hydrogens is 301 g/mol. The minimum absolute atomic E-state index is 0.0928. The van der Waals surface area contributed by atoms with Crippen LogP contribution in [0.5, 0.6) is 0 Å². The standard InChI is InChI=1S/C17H12FNO4/c1-2-23-17(22)13-9-10(7-8-14(13)18)19-15(20)11-5-3-4-6-12(11)16(19)21/h3-9H,2H2,1H3. The van der Waals surface area contributed by atoms with Crippen molar-refractivity contribution in [2.45, 2.75) is 6.92 Å². The van der Waals surface area contributed by atoms with E-state index in [1.165, 1.54) is 6.07 Å². The Balaban J connectivity index is 2.04. The van der Waals surface area contributed by atoms with Gasteiger partial charge in [0.05, 0.1) is 29.0 Å². The highest BCUT2D eigenvalue weighted by molar-refractivity contribution is 6.34. The molecule has 1 aliphatic rings. The fourth-order valence-corrected chi connectivity index (χ4v) is 2.44. The van der Waals surface area contributed by atoms with Crippen LogP contribution in [0.4, 0.5) is 10.1 Å². The summed E-state index contributed by atoms with van der Waals surface area (Å²) in [6.45, 7) is 1.69. The average molecular weight is 313 g/mol. The summed E-state index contributed by atoms with van der Waals surface area (Å²) >= 11 is 0. The quantitative estimate of drug-likeness (QED) is 0.645. The number of ether oxygens (including phenoxy) is 1. The Morgan fingerprint density at radius 1 is 1.09 bits per heavy atom. The van der Waals surface area contributed by atoms with Crippen molar-refractivity contribution >= 4 is 23.5 Å². The minimum Gasteiger partial charge on any atom is -0.462 e. The first kappa shape index (κ1) is 14.9. The van der Waals surface area contributed by atoms with E-state index in [4.69, 9.17) is 4.74 Å². The van der Waals surface area contributed by atoms with Gasteiger partial charge in [-0.3, -0.25) is 9.59 Å². The molecule has 2 aromatic rings. The highest BCUT2D eigenvalue weighted by Gasteiger charge is 2.36. The van der Waals surface area contributed by atoms with Crippen molar-refractivity contribution in [3.63, 3.8) is 0 Å². The Morgan fingerprint density at radius 3 is 2.26 bits per heavy atom. The lowest BCUT2D eigenvalue weighted by molar-refractivity contribution is 0.0520. The molecule has 1 heterocycles. The SMILES string of the molecule is CCOC(=O)c1cc(N2C(=O)c3ccccc3C2=O)ccc1F. The third-order valence-electron chi connectivity index (χ3n) is 3.50. The van der Waals surface area contributed by atoms with Crippen LogP contribution in [0, 0.1) is 5.82 Å². The Morgan fingerprint density at radius 2 is 1.70 bits per heavy atom. The minimum atomic E-state index is -0.844. The molecule has 0 saturated heterocycles. The zero-order valence-corrected chi connectivity index (χ0v) is 12.2. The number of amides is 2. The number of hydrogen-bond acceptors (Lipinski definition) is 4. The molecule has 0 radical (unpaired) electrons. The maximum Gasteiger partial charge on any atom is 0.341 e. The van der Waals surface area contributed by atoms with E-state index in [2.05, 4.69) is 0 Å². The van der Waals surface area contributed by atoms with Gasteiger partial charge in [-0.25, -0.2) is 14.1 Å². The van der Waals surface area contributed by atoms with Crippen molar-refractivity contribution in [3.05, 3.63) is 65.0 Å². The summed E-state index contributed by atoms with van der Waals surface area (Å²) in [4.78, 5) is 37.5. The molecule has 116 valence electrons. The Kier molecular flexibility index (Phi) is 3.65. The van der Waals surface area contributed by atoms with Gasteiger partial charge < -0.3 is 4.74 Å². The van der Waals surface area contributed by atoms with Gasteiger partial charge >= 0.3 is 5.97 Å². The van der Waals surface area contributed by atoms with E-state index >= 15 is 0 Å². The van der Waals surface area contributed by atoms with Crippen LogP contribution in [0.1, 0.15) is 38.0 Å². The van der Waals surface area contributed by atoms with E-state index in [9.17, 15) is 18.8 Å². The molecule has 0 fully saturated rings. The molecule has 0 N–H and O–H groups in total. The highest BCUT2D eigenvalue weighted by atomic mass is 19.1. The molecule has 0 aliphatic carbocycles.